The molecule has 0 fully saturated rings. The second-order valence-corrected chi connectivity index (χ2v) is 3.91. The fourth-order valence-electron chi connectivity index (χ4n) is 1.63. The second kappa shape index (κ2) is 3.59. The van der Waals surface area contributed by atoms with Gasteiger partial charge in [0.1, 0.15) is 11.6 Å². The van der Waals surface area contributed by atoms with Crippen LogP contribution in [0.1, 0.15) is 22.8 Å². The maximum atomic E-state index is 5.70. The van der Waals surface area contributed by atoms with Crippen LogP contribution in [-0.2, 0) is 0 Å². The Morgan fingerprint density at radius 1 is 1.12 bits per heavy atom. The number of hydrogen-bond acceptors (Lipinski definition) is 4. The summed E-state index contributed by atoms with van der Waals surface area (Å²) in [6.45, 7) is 7.86. The first-order chi connectivity index (χ1) is 7.49. The number of nitrogens with two attached hydrogens (primary N) is 1. The number of anilines is 1. The molecule has 0 unspecified atom stereocenters. The van der Waals surface area contributed by atoms with E-state index in [1.54, 1.807) is 10.7 Å². The van der Waals surface area contributed by atoms with Crippen molar-refractivity contribution < 1.29 is 0 Å². The zero-order chi connectivity index (χ0) is 11.9. The largest absolute Gasteiger partial charge is 0.384 e. The number of nitrogens with zero attached hydrogens (tertiary/aromatic N) is 4. The van der Waals surface area contributed by atoms with Gasteiger partial charge in [-0.15, -0.1) is 0 Å². The normalized spacial score (nSPS) is 10.8. The summed E-state index contributed by atoms with van der Waals surface area (Å²) in [5, 5.41) is 4.43. The van der Waals surface area contributed by atoms with Crippen LogP contribution in [0.25, 0.3) is 5.82 Å². The molecule has 0 radical (unpaired) electrons. The molecule has 2 heterocycles. The number of hydrogen-bond donors (Lipinski definition) is 1. The van der Waals surface area contributed by atoms with E-state index in [1.807, 2.05) is 27.7 Å². The van der Waals surface area contributed by atoms with Gasteiger partial charge in [0.2, 0.25) is 0 Å². The molecular weight excluding hydrogens is 202 g/mol. The van der Waals surface area contributed by atoms with Gasteiger partial charge in [0.25, 0.3) is 0 Å². The number of aryl methyl sites for hydroxylation is 2. The van der Waals surface area contributed by atoms with E-state index < -0.39 is 0 Å². The van der Waals surface area contributed by atoms with Crippen LogP contribution in [0.15, 0.2) is 6.07 Å². The van der Waals surface area contributed by atoms with Crippen molar-refractivity contribution in [3.63, 3.8) is 0 Å². The Morgan fingerprint density at radius 2 is 1.81 bits per heavy atom. The Kier molecular flexibility index (Phi) is 2.38. The maximum Gasteiger partial charge on any atom is 0.159 e. The molecule has 2 aromatic rings. The van der Waals surface area contributed by atoms with Crippen molar-refractivity contribution in [3.05, 3.63) is 28.8 Å². The zero-order valence-electron chi connectivity index (χ0n) is 9.94. The van der Waals surface area contributed by atoms with Crippen molar-refractivity contribution in [1.29, 1.82) is 0 Å². The van der Waals surface area contributed by atoms with Gasteiger partial charge in [-0.3, -0.25) is 0 Å². The Morgan fingerprint density at radius 3 is 2.31 bits per heavy atom. The van der Waals surface area contributed by atoms with Crippen LogP contribution in [0.5, 0.6) is 0 Å². The molecule has 0 spiro atoms. The Bertz CT molecular complexity index is 521. The van der Waals surface area contributed by atoms with Gasteiger partial charge in [-0.05, 0) is 33.3 Å². The smallest absolute Gasteiger partial charge is 0.159 e. The average Bonchev–Trinajstić information content (AvgIpc) is 2.44. The first-order valence-corrected chi connectivity index (χ1v) is 5.13. The maximum absolute atomic E-state index is 5.70. The molecule has 0 aliphatic heterocycles. The standard InChI is InChI=1S/C11H15N5/c1-6-7(2)15-16(8(6)3)11-5-10(12)13-9(4)14-11/h5H,1-4H3,(H2,12,13,14). The predicted octanol–water partition coefficient (Wildman–Crippen LogP) is 1.48. The van der Waals surface area contributed by atoms with Gasteiger partial charge in [-0.2, -0.15) is 5.10 Å². The number of aromatic nitrogens is 4. The van der Waals surface area contributed by atoms with Crippen molar-refractivity contribution in [2.24, 2.45) is 0 Å². The van der Waals surface area contributed by atoms with E-state index >= 15 is 0 Å². The van der Waals surface area contributed by atoms with Crippen LogP contribution in [0.2, 0.25) is 0 Å². The third-order valence-electron chi connectivity index (χ3n) is 2.71. The van der Waals surface area contributed by atoms with Crippen molar-refractivity contribution in [2.45, 2.75) is 27.7 Å². The second-order valence-electron chi connectivity index (χ2n) is 3.91. The third-order valence-corrected chi connectivity index (χ3v) is 2.71. The first kappa shape index (κ1) is 10.6. The molecule has 0 atom stereocenters. The summed E-state index contributed by atoms with van der Waals surface area (Å²) < 4.78 is 1.80. The quantitative estimate of drug-likeness (QED) is 0.785. The molecule has 5 heteroatoms. The summed E-state index contributed by atoms with van der Waals surface area (Å²) in [7, 11) is 0. The lowest BCUT2D eigenvalue weighted by Crippen LogP contribution is -2.06. The SMILES string of the molecule is Cc1nc(N)cc(-n2nc(C)c(C)c2C)n1. The zero-order valence-corrected chi connectivity index (χ0v) is 9.94. The van der Waals surface area contributed by atoms with Gasteiger partial charge in [0.15, 0.2) is 5.82 Å². The van der Waals surface area contributed by atoms with Crippen molar-refractivity contribution in [1.82, 2.24) is 19.7 Å². The highest BCUT2D eigenvalue weighted by Gasteiger charge is 2.10. The van der Waals surface area contributed by atoms with E-state index in [2.05, 4.69) is 15.1 Å². The third kappa shape index (κ3) is 1.64. The van der Waals surface area contributed by atoms with Crippen LogP contribution < -0.4 is 5.73 Å². The molecule has 0 saturated carbocycles. The first-order valence-electron chi connectivity index (χ1n) is 5.13. The monoisotopic (exact) mass is 217 g/mol. The van der Waals surface area contributed by atoms with E-state index in [0.29, 0.717) is 11.6 Å². The van der Waals surface area contributed by atoms with Crippen LogP contribution in [0, 0.1) is 27.7 Å². The lowest BCUT2D eigenvalue weighted by atomic mass is 10.2. The molecule has 0 aliphatic rings. The summed E-state index contributed by atoms with van der Waals surface area (Å²) in [5.74, 6) is 1.84. The number of nitrogen functional groups attached to an aromatic ring is 1. The van der Waals surface area contributed by atoms with E-state index in [-0.39, 0.29) is 0 Å². The molecule has 0 saturated heterocycles. The minimum atomic E-state index is 0.465. The molecule has 2 rings (SSSR count). The molecule has 5 nitrogen and oxygen atoms in total. The van der Waals surface area contributed by atoms with Crippen molar-refractivity contribution >= 4 is 5.82 Å². The van der Waals surface area contributed by atoms with E-state index in [0.717, 1.165) is 17.2 Å². The van der Waals surface area contributed by atoms with Gasteiger partial charge in [0.05, 0.1) is 5.69 Å². The van der Waals surface area contributed by atoms with E-state index in [4.69, 9.17) is 5.73 Å². The van der Waals surface area contributed by atoms with Gasteiger partial charge < -0.3 is 5.73 Å². The summed E-state index contributed by atoms with van der Waals surface area (Å²) in [4.78, 5) is 8.37. The predicted molar refractivity (Wildman–Crippen MR) is 62.5 cm³/mol. The fourth-order valence-corrected chi connectivity index (χ4v) is 1.63. The van der Waals surface area contributed by atoms with Crippen LogP contribution >= 0.6 is 0 Å². The Labute approximate surface area is 94.3 Å². The van der Waals surface area contributed by atoms with Gasteiger partial charge in [-0.25, -0.2) is 14.6 Å². The summed E-state index contributed by atoms with van der Waals surface area (Å²) in [5.41, 5.74) is 8.96. The molecule has 0 bridgehead atoms. The van der Waals surface area contributed by atoms with Gasteiger partial charge >= 0.3 is 0 Å². The highest BCUT2D eigenvalue weighted by Crippen LogP contribution is 2.16. The van der Waals surface area contributed by atoms with Crippen LogP contribution in [-0.4, -0.2) is 19.7 Å². The van der Waals surface area contributed by atoms with E-state index in [1.165, 1.54) is 5.56 Å². The van der Waals surface area contributed by atoms with Crippen LogP contribution in [0.3, 0.4) is 0 Å². The van der Waals surface area contributed by atoms with Gasteiger partial charge in [0, 0.05) is 11.8 Å². The molecule has 84 valence electrons. The lowest BCUT2D eigenvalue weighted by Gasteiger charge is -2.05. The van der Waals surface area contributed by atoms with E-state index in [9.17, 15) is 0 Å². The molecule has 2 aromatic heterocycles. The summed E-state index contributed by atoms with van der Waals surface area (Å²) in [6.07, 6.45) is 0. The molecule has 0 aromatic carbocycles. The highest BCUT2D eigenvalue weighted by atomic mass is 15.3. The molecular formula is C11H15N5. The summed E-state index contributed by atoms with van der Waals surface area (Å²) in [6, 6.07) is 1.73. The van der Waals surface area contributed by atoms with Crippen molar-refractivity contribution in [3.8, 4) is 5.82 Å². The average molecular weight is 217 g/mol. The lowest BCUT2D eigenvalue weighted by molar-refractivity contribution is 0.794. The Balaban J connectivity index is 2.62. The highest BCUT2D eigenvalue weighted by molar-refractivity contribution is 5.39. The fraction of sp³-hybridized carbons (Fsp3) is 0.364. The molecule has 0 amide bonds. The van der Waals surface area contributed by atoms with Gasteiger partial charge in [-0.1, -0.05) is 0 Å². The topological polar surface area (TPSA) is 69.6 Å². The summed E-state index contributed by atoms with van der Waals surface area (Å²) >= 11 is 0. The van der Waals surface area contributed by atoms with Crippen LogP contribution in [0.4, 0.5) is 5.82 Å². The minimum Gasteiger partial charge on any atom is -0.384 e. The number of rotatable bonds is 1. The van der Waals surface area contributed by atoms with Crippen molar-refractivity contribution in [2.75, 3.05) is 5.73 Å². The molecule has 0 aliphatic carbocycles. The molecule has 16 heavy (non-hydrogen) atoms. The minimum absolute atomic E-state index is 0.465. The Hall–Kier alpha value is -1.91. The molecule has 2 N–H and O–H groups in total.